The molecule has 0 saturated heterocycles. The zero-order chi connectivity index (χ0) is 15.2. The van der Waals surface area contributed by atoms with Gasteiger partial charge in [0, 0.05) is 5.69 Å². The van der Waals surface area contributed by atoms with Crippen LogP contribution in [0.5, 0.6) is 0 Å². The molecule has 108 valence electrons. The van der Waals surface area contributed by atoms with E-state index < -0.39 is 11.7 Å². The highest BCUT2D eigenvalue weighted by atomic mass is 19.4. The zero-order valence-corrected chi connectivity index (χ0v) is 11.0. The molecule has 0 saturated carbocycles. The van der Waals surface area contributed by atoms with Gasteiger partial charge in [-0.3, -0.25) is 0 Å². The minimum atomic E-state index is -4.43. The lowest BCUT2D eigenvalue weighted by molar-refractivity contribution is -0.137. The van der Waals surface area contributed by atoms with Crippen molar-refractivity contribution in [2.24, 2.45) is 0 Å². The summed E-state index contributed by atoms with van der Waals surface area (Å²) >= 11 is 0. The average Bonchev–Trinajstić information content (AvgIpc) is 2.80. The number of hydrogen-bond acceptors (Lipinski definition) is 3. The lowest BCUT2D eigenvalue weighted by atomic mass is 10.1. The number of nitrogen functional groups attached to an aromatic ring is 1. The Labute approximate surface area is 118 Å². The molecule has 6 heteroatoms. The van der Waals surface area contributed by atoms with Crippen molar-refractivity contribution in [3.05, 3.63) is 47.5 Å². The Morgan fingerprint density at radius 2 is 1.86 bits per heavy atom. The third kappa shape index (κ3) is 2.44. The number of alkyl halides is 3. The predicted octanol–water partition coefficient (Wildman–Crippen LogP) is 4.40. The fourth-order valence-corrected chi connectivity index (χ4v) is 2.09. The summed E-state index contributed by atoms with van der Waals surface area (Å²) in [5.41, 5.74) is 7.45. The molecule has 0 aliphatic rings. The fourth-order valence-electron chi connectivity index (χ4n) is 2.09. The lowest BCUT2D eigenvalue weighted by Gasteiger charge is -2.08. The van der Waals surface area contributed by atoms with Gasteiger partial charge in [0.2, 0.25) is 5.89 Å². The van der Waals surface area contributed by atoms with Crippen LogP contribution in [0.4, 0.5) is 18.9 Å². The molecule has 3 aromatic rings. The molecule has 0 radical (unpaired) electrons. The number of benzene rings is 2. The van der Waals surface area contributed by atoms with Crippen LogP contribution in [0.25, 0.3) is 22.6 Å². The first-order valence-corrected chi connectivity index (χ1v) is 6.19. The Kier molecular flexibility index (Phi) is 2.90. The molecule has 3 rings (SSSR count). The molecule has 0 bridgehead atoms. The molecule has 2 aromatic carbocycles. The quantitative estimate of drug-likeness (QED) is 0.676. The Hall–Kier alpha value is -2.50. The van der Waals surface area contributed by atoms with Gasteiger partial charge in [-0.2, -0.15) is 13.2 Å². The highest BCUT2D eigenvalue weighted by Crippen LogP contribution is 2.35. The summed E-state index contributed by atoms with van der Waals surface area (Å²) < 4.78 is 43.4. The van der Waals surface area contributed by atoms with Crippen LogP contribution in [0.2, 0.25) is 0 Å². The summed E-state index contributed by atoms with van der Waals surface area (Å²) in [4.78, 5) is 4.27. The van der Waals surface area contributed by atoms with Gasteiger partial charge in [-0.1, -0.05) is 6.07 Å². The van der Waals surface area contributed by atoms with Gasteiger partial charge in [-0.15, -0.1) is 0 Å². The average molecular weight is 292 g/mol. The predicted molar refractivity (Wildman–Crippen MR) is 73.6 cm³/mol. The van der Waals surface area contributed by atoms with Crippen molar-refractivity contribution in [1.29, 1.82) is 0 Å². The van der Waals surface area contributed by atoms with Gasteiger partial charge in [0.05, 0.1) is 11.1 Å². The van der Waals surface area contributed by atoms with Crippen LogP contribution in [0.1, 0.15) is 11.1 Å². The maximum Gasteiger partial charge on any atom is 0.416 e. The highest BCUT2D eigenvalue weighted by Gasteiger charge is 2.31. The number of hydrogen-bond donors (Lipinski definition) is 1. The third-order valence-corrected chi connectivity index (χ3v) is 3.15. The fraction of sp³-hybridized carbons (Fsp3) is 0.133. The zero-order valence-electron chi connectivity index (χ0n) is 11.0. The van der Waals surface area contributed by atoms with Crippen molar-refractivity contribution >= 4 is 16.8 Å². The summed E-state index contributed by atoms with van der Waals surface area (Å²) in [5, 5.41) is 0. The van der Waals surface area contributed by atoms with E-state index in [1.165, 1.54) is 6.07 Å². The molecule has 0 aliphatic carbocycles. The molecular weight excluding hydrogens is 281 g/mol. The van der Waals surface area contributed by atoms with Crippen molar-refractivity contribution < 1.29 is 17.6 Å². The second-order valence-electron chi connectivity index (χ2n) is 4.79. The number of aryl methyl sites for hydroxylation is 1. The Morgan fingerprint density at radius 3 is 2.52 bits per heavy atom. The molecule has 1 heterocycles. The molecule has 0 unspecified atom stereocenters. The smallest absolute Gasteiger partial charge is 0.416 e. The van der Waals surface area contributed by atoms with Crippen LogP contribution >= 0.6 is 0 Å². The number of aromatic nitrogens is 1. The molecule has 0 amide bonds. The Bertz CT molecular complexity index is 821. The third-order valence-electron chi connectivity index (χ3n) is 3.15. The van der Waals surface area contributed by atoms with Crippen LogP contribution < -0.4 is 5.73 Å². The Balaban J connectivity index is 2.10. The highest BCUT2D eigenvalue weighted by molar-refractivity contribution is 5.80. The van der Waals surface area contributed by atoms with Crippen molar-refractivity contribution in [2.75, 3.05) is 5.73 Å². The van der Waals surface area contributed by atoms with Crippen molar-refractivity contribution in [3.8, 4) is 11.5 Å². The van der Waals surface area contributed by atoms with Crippen LogP contribution in [0.3, 0.4) is 0 Å². The first-order valence-electron chi connectivity index (χ1n) is 6.19. The van der Waals surface area contributed by atoms with E-state index in [0.717, 1.165) is 17.7 Å². The van der Waals surface area contributed by atoms with Gasteiger partial charge in [0.1, 0.15) is 5.52 Å². The topological polar surface area (TPSA) is 52.0 Å². The monoisotopic (exact) mass is 292 g/mol. The van der Waals surface area contributed by atoms with Gasteiger partial charge in [-0.25, -0.2) is 4.98 Å². The van der Waals surface area contributed by atoms with Crippen LogP contribution in [0.15, 0.2) is 40.8 Å². The second-order valence-corrected chi connectivity index (χ2v) is 4.79. The molecule has 3 nitrogen and oxygen atoms in total. The van der Waals surface area contributed by atoms with E-state index in [-0.39, 0.29) is 11.6 Å². The summed E-state index contributed by atoms with van der Waals surface area (Å²) in [7, 11) is 0. The van der Waals surface area contributed by atoms with Gasteiger partial charge in [0.15, 0.2) is 5.58 Å². The van der Waals surface area contributed by atoms with Crippen LogP contribution in [0, 0.1) is 6.92 Å². The van der Waals surface area contributed by atoms with Gasteiger partial charge in [0.25, 0.3) is 0 Å². The number of oxazole rings is 1. The standard InChI is InChI=1S/C15H11F3N2O/c1-8-2-5-13-12(6-8)20-14(21-13)10-4-3-9(7-11(10)19)15(16,17)18/h2-7H,19H2,1H3. The van der Waals surface area contributed by atoms with Crippen molar-refractivity contribution in [2.45, 2.75) is 13.1 Å². The lowest BCUT2D eigenvalue weighted by Crippen LogP contribution is -2.06. The van der Waals surface area contributed by atoms with Gasteiger partial charge >= 0.3 is 6.18 Å². The normalized spacial score (nSPS) is 12.0. The molecule has 0 fully saturated rings. The number of nitrogens with two attached hydrogens (primary N) is 1. The molecule has 2 N–H and O–H groups in total. The first-order chi connectivity index (χ1) is 9.84. The molecule has 0 atom stereocenters. The summed E-state index contributed by atoms with van der Waals surface area (Å²) in [6.45, 7) is 1.92. The maximum atomic E-state index is 12.6. The molecule has 0 aliphatic heterocycles. The summed E-state index contributed by atoms with van der Waals surface area (Å²) in [6.07, 6.45) is -4.43. The number of fused-ring (bicyclic) bond motifs is 1. The van der Waals surface area contributed by atoms with E-state index in [1.54, 1.807) is 6.07 Å². The van der Waals surface area contributed by atoms with E-state index >= 15 is 0 Å². The summed E-state index contributed by atoms with van der Waals surface area (Å²) in [6, 6.07) is 8.59. The molecule has 21 heavy (non-hydrogen) atoms. The molecule has 1 aromatic heterocycles. The first kappa shape index (κ1) is 13.5. The van der Waals surface area contributed by atoms with E-state index in [4.69, 9.17) is 10.2 Å². The van der Waals surface area contributed by atoms with E-state index in [0.29, 0.717) is 16.7 Å². The number of rotatable bonds is 1. The minimum absolute atomic E-state index is 0.0203. The SMILES string of the molecule is Cc1ccc2oc(-c3ccc(C(F)(F)F)cc3N)nc2c1. The maximum absolute atomic E-state index is 12.6. The van der Waals surface area contributed by atoms with Crippen molar-refractivity contribution in [1.82, 2.24) is 4.98 Å². The number of halogens is 3. The number of anilines is 1. The number of nitrogens with zero attached hydrogens (tertiary/aromatic N) is 1. The largest absolute Gasteiger partial charge is 0.436 e. The van der Waals surface area contributed by atoms with Gasteiger partial charge in [-0.05, 0) is 42.8 Å². The van der Waals surface area contributed by atoms with E-state index in [1.807, 2.05) is 19.1 Å². The minimum Gasteiger partial charge on any atom is -0.436 e. The molecular formula is C15H11F3N2O. The Morgan fingerprint density at radius 1 is 1.10 bits per heavy atom. The van der Waals surface area contributed by atoms with Crippen LogP contribution in [-0.4, -0.2) is 4.98 Å². The van der Waals surface area contributed by atoms with Gasteiger partial charge < -0.3 is 10.2 Å². The van der Waals surface area contributed by atoms with E-state index in [9.17, 15) is 13.2 Å². The van der Waals surface area contributed by atoms with Crippen molar-refractivity contribution in [3.63, 3.8) is 0 Å². The molecule has 0 spiro atoms. The van der Waals surface area contributed by atoms with Crippen LogP contribution in [-0.2, 0) is 6.18 Å². The second kappa shape index (κ2) is 4.51. The van der Waals surface area contributed by atoms with E-state index in [2.05, 4.69) is 4.98 Å². The summed E-state index contributed by atoms with van der Waals surface area (Å²) in [5.74, 6) is 0.210.